The Morgan fingerprint density at radius 3 is 1.58 bits per heavy atom. The molecule has 0 aliphatic carbocycles. The third-order valence-corrected chi connectivity index (χ3v) is 10.9. The van der Waals surface area contributed by atoms with Crippen LogP contribution in [0.4, 0.5) is 0 Å². The maximum atomic E-state index is 2.41. The predicted molar refractivity (Wildman–Crippen MR) is 82.9 cm³/mol. The summed E-state index contributed by atoms with van der Waals surface area (Å²) in [6.07, 6.45) is 0. The van der Waals surface area contributed by atoms with E-state index in [9.17, 15) is 0 Å². The van der Waals surface area contributed by atoms with Crippen LogP contribution in [0.3, 0.4) is 0 Å². The van der Waals surface area contributed by atoms with E-state index in [0.717, 1.165) is 0 Å². The van der Waals surface area contributed by atoms with Crippen LogP contribution in [0.5, 0.6) is 0 Å². The van der Waals surface area contributed by atoms with Gasteiger partial charge in [0.15, 0.2) is 0 Å². The van der Waals surface area contributed by atoms with Crippen LogP contribution in [0.15, 0.2) is 60.7 Å². The summed E-state index contributed by atoms with van der Waals surface area (Å²) in [5.41, 5.74) is 0. The van der Waals surface area contributed by atoms with Crippen LogP contribution < -0.4 is 6.94 Å². The van der Waals surface area contributed by atoms with Crippen LogP contribution in [0.25, 0.3) is 20.2 Å². The molecular formula is C16H10S2Zn. The van der Waals surface area contributed by atoms with Gasteiger partial charge in [-0.1, -0.05) is 0 Å². The molecule has 0 saturated heterocycles. The van der Waals surface area contributed by atoms with E-state index >= 15 is 0 Å². The molecule has 0 unspecified atom stereocenters. The summed E-state index contributed by atoms with van der Waals surface area (Å²) >= 11 is 3.19. The van der Waals surface area contributed by atoms with Crippen LogP contribution in [-0.4, -0.2) is 0 Å². The molecule has 0 spiro atoms. The molecule has 0 saturated carbocycles. The van der Waals surface area contributed by atoms with E-state index in [0.29, 0.717) is 0 Å². The topological polar surface area (TPSA) is 0 Å². The van der Waals surface area contributed by atoms with Crippen molar-refractivity contribution >= 4 is 49.8 Å². The molecule has 2 aromatic carbocycles. The first-order valence-corrected chi connectivity index (χ1v) is 10.9. The molecule has 4 rings (SSSR count). The quantitative estimate of drug-likeness (QED) is 0.484. The van der Waals surface area contributed by atoms with Crippen molar-refractivity contribution in [1.82, 2.24) is 0 Å². The standard InChI is InChI=1S/2C8H5S.Zn/c2*1-2-4-8-7(3-1)5-6-9-8;/h2*1-5H;. The Hall–Kier alpha value is -1.02. The molecule has 0 nitrogen and oxygen atoms in total. The molecule has 0 aliphatic rings. The van der Waals surface area contributed by atoms with Crippen LogP contribution in [0, 0.1) is 0 Å². The monoisotopic (exact) mass is 330 g/mol. The first kappa shape index (κ1) is 11.8. The number of benzene rings is 2. The molecular weight excluding hydrogens is 322 g/mol. The predicted octanol–water partition coefficient (Wildman–Crippen LogP) is 4.15. The average Bonchev–Trinajstić information content (AvgIpc) is 3.00. The molecule has 88 valence electrons. The Morgan fingerprint density at radius 2 is 1.11 bits per heavy atom. The van der Waals surface area contributed by atoms with Gasteiger partial charge in [0, 0.05) is 0 Å². The molecule has 0 atom stereocenters. The van der Waals surface area contributed by atoms with Crippen LogP contribution in [0.1, 0.15) is 0 Å². The molecule has 0 fully saturated rings. The zero-order valence-corrected chi connectivity index (χ0v) is 14.9. The van der Waals surface area contributed by atoms with Crippen LogP contribution >= 0.6 is 22.7 Å². The summed E-state index contributed by atoms with van der Waals surface area (Å²) in [7, 11) is 0. The Morgan fingerprint density at radius 1 is 0.632 bits per heavy atom. The number of thiophene rings is 2. The van der Waals surface area contributed by atoms with Gasteiger partial charge in [0.25, 0.3) is 0 Å². The van der Waals surface area contributed by atoms with Gasteiger partial charge < -0.3 is 0 Å². The SMILES string of the molecule is c1ccc2s[c]([Zn][c]3cc4ccccc4s3)cc2c1. The van der Waals surface area contributed by atoms with Gasteiger partial charge in [-0.3, -0.25) is 0 Å². The normalized spacial score (nSPS) is 10.9. The van der Waals surface area contributed by atoms with Gasteiger partial charge >= 0.3 is 128 Å². The zero-order valence-electron chi connectivity index (χ0n) is 10.3. The first-order valence-electron chi connectivity index (χ1n) is 6.33. The first-order chi connectivity index (χ1) is 9.38. The second-order valence-electron chi connectivity index (χ2n) is 4.68. The van der Waals surface area contributed by atoms with E-state index in [2.05, 4.69) is 60.7 Å². The fourth-order valence-electron chi connectivity index (χ4n) is 2.42. The summed E-state index contributed by atoms with van der Waals surface area (Å²) < 4.78 is 6.15. The number of rotatable bonds is 2. The molecule has 0 aliphatic heterocycles. The van der Waals surface area contributed by atoms with Crippen molar-refractivity contribution in [3.8, 4) is 0 Å². The molecule has 2 aromatic heterocycles. The van der Waals surface area contributed by atoms with Gasteiger partial charge in [0.1, 0.15) is 0 Å². The molecule has 0 N–H and O–H groups in total. The fraction of sp³-hybridized carbons (Fsp3) is 0. The van der Waals surface area contributed by atoms with Crippen molar-refractivity contribution < 1.29 is 17.1 Å². The van der Waals surface area contributed by atoms with Crippen molar-refractivity contribution in [3.63, 3.8) is 0 Å². The van der Waals surface area contributed by atoms with Crippen LogP contribution in [-0.2, 0) is 17.1 Å². The summed E-state index contributed by atoms with van der Waals surface area (Å²) in [6.45, 7) is 0. The Balaban J connectivity index is 1.73. The van der Waals surface area contributed by atoms with Gasteiger partial charge in [-0.25, -0.2) is 0 Å². The van der Waals surface area contributed by atoms with Gasteiger partial charge in [-0.2, -0.15) is 0 Å². The van der Waals surface area contributed by atoms with E-state index in [1.54, 1.807) is 6.94 Å². The third kappa shape index (κ3) is 2.27. The molecule has 4 aromatic rings. The summed E-state index contributed by atoms with van der Waals surface area (Å²) in [5, 5.41) is 2.82. The molecule has 3 heteroatoms. The second-order valence-corrected chi connectivity index (χ2v) is 13.1. The molecule has 0 bridgehead atoms. The average molecular weight is 332 g/mol. The number of fused-ring (bicyclic) bond motifs is 2. The number of hydrogen-bond acceptors (Lipinski definition) is 2. The zero-order chi connectivity index (χ0) is 12.7. The molecule has 0 amide bonds. The Labute approximate surface area is 127 Å². The van der Waals surface area contributed by atoms with E-state index in [-0.39, 0.29) is 0 Å². The summed E-state index contributed by atoms with van der Waals surface area (Å²) in [4.78, 5) is 0. The summed E-state index contributed by atoms with van der Waals surface area (Å²) in [6, 6.07) is 22.3. The second kappa shape index (κ2) is 4.83. The minimum absolute atomic E-state index is 0.795. The minimum atomic E-state index is -0.795. The van der Waals surface area contributed by atoms with Gasteiger partial charge in [-0.05, 0) is 0 Å². The molecule has 0 radical (unpaired) electrons. The van der Waals surface area contributed by atoms with Crippen molar-refractivity contribution in [3.05, 3.63) is 60.7 Å². The maximum absolute atomic E-state index is 2.41. The van der Waals surface area contributed by atoms with Gasteiger partial charge in [-0.15, -0.1) is 0 Å². The molecule has 2 heterocycles. The Bertz CT molecular complexity index is 719. The number of hydrogen-bond donors (Lipinski definition) is 0. The molecule has 19 heavy (non-hydrogen) atoms. The Kier molecular flexibility index (Phi) is 2.99. The fourth-order valence-corrected chi connectivity index (χ4v) is 11.3. The van der Waals surface area contributed by atoms with Crippen molar-refractivity contribution in [2.75, 3.05) is 0 Å². The van der Waals surface area contributed by atoms with E-state index in [4.69, 9.17) is 0 Å². The van der Waals surface area contributed by atoms with E-state index < -0.39 is 17.1 Å². The summed E-state index contributed by atoms with van der Waals surface area (Å²) in [5.74, 6) is 0. The van der Waals surface area contributed by atoms with Gasteiger partial charge in [0.2, 0.25) is 0 Å². The van der Waals surface area contributed by atoms with Crippen molar-refractivity contribution in [2.45, 2.75) is 0 Å². The van der Waals surface area contributed by atoms with E-state index in [1.165, 1.54) is 20.2 Å². The van der Waals surface area contributed by atoms with Gasteiger partial charge in [0.05, 0.1) is 0 Å². The third-order valence-electron chi connectivity index (χ3n) is 3.30. The van der Waals surface area contributed by atoms with Crippen LogP contribution in [0.2, 0.25) is 0 Å². The van der Waals surface area contributed by atoms with E-state index in [1.807, 2.05) is 22.7 Å². The van der Waals surface area contributed by atoms with Crippen molar-refractivity contribution in [1.29, 1.82) is 0 Å². The van der Waals surface area contributed by atoms with Crippen molar-refractivity contribution in [2.24, 2.45) is 0 Å².